The minimum absolute atomic E-state index is 0.133. The highest BCUT2D eigenvalue weighted by Gasteiger charge is 2.15. The number of nitrogens with one attached hydrogen (secondary N) is 1. The van der Waals surface area contributed by atoms with Crippen LogP contribution in [-0.4, -0.2) is 23.0 Å². The van der Waals surface area contributed by atoms with Crippen molar-refractivity contribution in [2.24, 2.45) is 0 Å². The van der Waals surface area contributed by atoms with E-state index in [2.05, 4.69) is 34.3 Å². The Hall–Kier alpha value is -3.15. The van der Waals surface area contributed by atoms with E-state index in [4.69, 9.17) is 9.15 Å². The predicted molar refractivity (Wildman–Crippen MR) is 99.2 cm³/mol. The number of anilines is 1. The largest absolute Gasteiger partial charge is 0.481 e. The number of amides is 1. The van der Waals surface area contributed by atoms with Crippen LogP contribution in [0.2, 0.25) is 0 Å². The van der Waals surface area contributed by atoms with Gasteiger partial charge in [0.05, 0.1) is 31.1 Å². The molecule has 0 aliphatic heterocycles. The van der Waals surface area contributed by atoms with Gasteiger partial charge in [-0.3, -0.25) is 4.79 Å². The summed E-state index contributed by atoms with van der Waals surface area (Å²) < 4.78 is 10.7. The average molecular weight is 351 g/mol. The second kappa shape index (κ2) is 7.82. The van der Waals surface area contributed by atoms with Gasteiger partial charge in [-0.15, -0.1) is 0 Å². The molecule has 0 saturated heterocycles. The topological polar surface area (TPSA) is 77.2 Å². The second-order valence-electron chi connectivity index (χ2n) is 5.89. The molecular weight excluding hydrogens is 330 g/mol. The molecule has 2 aromatic heterocycles. The monoisotopic (exact) mass is 351 g/mol. The Balaban J connectivity index is 1.69. The van der Waals surface area contributed by atoms with Crippen LogP contribution in [0.3, 0.4) is 0 Å². The molecule has 6 heteroatoms. The van der Waals surface area contributed by atoms with Gasteiger partial charge in [-0.1, -0.05) is 19.1 Å². The second-order valence-corrected chi connectivity index (χ2v) is 5.89. The highest BCUT2D eigenvalue weighted by atomic mass is 16.5. The Morgan fingerprint density at radius 2 is 1.96 bits per heavy atom. The SMILES string of the molecule is CCc1ccc(-c2nc(CC(=O)Nc3ccc(OC)nc3)c(C)o2)cc1. The fourth-order valence-electron chi connectivity index (χ4n) is 2.53. The quantitative estimate of drug-likeness (QED) is 0.731. The first-order chi connectivity index (χ1) is 12.6. The molecule has 1 aromatic carbocycles. The number of aryl methyl sites for hydroxylation is 2. The zero-order valence-electron chi connectivity index (χ0n) is 15.1. The van der Waals surface area contributed by atoms with Crippen molar-refractivity contribution in [1.29, 1.82) is 0 Å². The van der Waals surface area contributed by atoms with Crippen LogP contribution in [0.25, 0.3) is 11.5 Å². The summed E-state index contributed by atoms with van der Waals surface area (Å²) in [6.07, 6.45) is 2.66. The molecule has 3 rings (SSSR count). The summed E-state index contributed by atoms with van der Waals surface area (Å²) in [5.74, 6) is 1.48. The van der Waals surface area contributed by atoms with Crippen LogP contribution < -0.4 is 10.1 Å². The third kappa shape index (κ3) is 4.08. The van der Waals surface area contributed by atoms with E-state index in [1.165, 1.54) is 5.56 Å². The maximum Gasteiger partial charge on any atom is 0.230 e. The molecule has 26 heavy (non-hydrogen) atoms. The number of nitrogens with zero attached hydrogens (tertiary/aromatic N) is 2. The lowest BCUT2D eigenvalue weighted by Crippen LogP contribution is -2.15. The third-order valence-corrected chi connectivity index (χ3v) is 4.06. The van der Waals surface area contributed by atoms with E-state index < -0.39 is 0 Å². The zero-order valence-corrected chi connectivity index (χ0v) is 15.1. The van der Waals surface area contributed by atoms with Crippen LogP contribution in [-0.2, 0) is 17.6 Å². The Morgan fingerprint density at radius 3 is 2.58 bits per heavy atom. The van der Waals surface area contributed by atoms with E-state index in [9.17, 15) is 4.79 Å². The lowest BCUT2D eigenvalue weighted by atomic mass is 10.1. The fourth-order valence-corrected chi connectivity index (χ4v) is 2.53. The molecule has 3 aromatic rings. The summed E-state index contributed by atoms with van der Waals surface area (Å²) in [6, 6.07) is 11.5. The lowest BCUT2D eigenvalue weighted by molar-refractivity contribution is -0.115. The number of rotatable bonds is 6. The number of pyridine rings is 1. The molecule has 0 unspecified atom stereocenters. The minimum atomic E-state index is -0.179. The van der Waals surface area contributed by atoms with Crippen LogP contribution in [0.15, 0.2) is 47.0 Å². The molecule has 0 fully saturated rings. The van der Waals surface area contributed by atoms with Crippen LogP contribution in [0.5, 0.6) is 5.88 Å². The van der Waals surface area contributed by atoms with E-state index in [-0.39, 0.29) is 12.3 Å². The maximum atomic E-state index is 12.3. The van der Waals surface area contributed by atoms with Gasteiger partial charge >= 0.3 is 0 Å². The molecule has 6 nitrogen and oxygen atoms in total. The number of hydrogen-bond acceptors (Lipinski definition) is 5. The molecule has 1 N–H and O–H groups in total. The Labute approximate surface area is 152 Å². The van der Waals surface area contributed by atoms with Crippen molar-refractivity contribution in [3.63, 3.8) is 0 Å². The van der Waals surface area contributed by atoms with Crippen LogP contribution >= 0.6 is 0 Å². The number of carbonyl (C=O) groups excluding carboxylic acids is 1. The number of hydrogen-bond donors (Lipinski definition) is 1. The molecule has 0 aliphatic rings. The van der Waals surface area contributed by atoms with E-state index in [1.54, 1.807) is 25.4 Å². The maximum absolute atomic E-state index is 12.3. The van der Waals surface area contributed by atoms with Gasteiger partial charge in [0.2, 0.25) is 17.7 Å². The minimum Gasteiger partial charge on any atom is -0.481 e. The third-order valence-electron chi connectivity index (χ3n) is 4.06. The molecule has 1 amide bonds. The first-order valence-corrected chi connectivity index (χ1v) is 8.44. The Bertz CT molecular complexity index is 884. The molecule has 2 heterocycles. The first-order valence-electron chi connectivity index (χ1n) is 8.44. The van der Waals surface area contributed by atoms with Crippen LogP contribution in [0.1, 0.15) is 23.9 Å². The fraction of sp³-hybridized carbons (Fsp3) is 0.250. The van der Waals surface area contributed by atoms with Crippen molar-refractivity contribution < 1.29 is 13.9 Å². The van der Waals surface area contributed by atoms with Gasteiger partial charge in [0, 0.05) is 11.6 Å². The van der Waals surface area contributed by atoms with Gasteiger partial charge in [0.1, 0.15) is 5.76 Å². The number of ether oxygens (including phenoxy) is 1. The molecule has 0 saturated carbocycles. The molecule has 0 spiro atoms. The van der Waals surface area contributed by atoms with Crippen molar-refractivity contribution in [2.45, 2.75) is 26.7 Å². The molecule has 0 aliphatic carbocycles. The highest BCUT2D eigenvalue weighted by Crippen LogP contribution is 2.23. The van der Waals surface area contributed by atoms with Gasteiger partial charge in [-0.25, -0.2) is 9.97 Å². The van der Waals surface area contributed by atoms with Gasteiger partial charge in [-0.05, 0) is 37.1 Å². The standard InChI is InChI=1S/C20H21N3O3/c1-4-14-5-7-15(8-6-14)20-23-17(13(2)26-20)11-18(24)22-16-9-10-19(25-3)21-12-16/h5-10,12H,4,11H2,1-3H3,(H,22,24). The van der Waals surface area contributed by atoms with Crippen molar-refractivity contribution in [3.8, 4) is 17.3 Å². The van der Waals surface area contributed by atoms with Gasteiger partial charge < -0.3 is 14.5 Å². The van der Waals surface area contributed by atoms with Gasteiger partial charge in [0.25, 0.3) is 0 Å². The van der Waals surface area contributed by atoms with E-state index in [0.29, 0.717) is 28.9 Å². The smallest absolute Gasteiger partial charge is 0.230 e. The summed E-state index contributed by atoms with van der Waals surface area (Å²) in [5.41, 5.74) is 3.38. The average Bonchev–Trinajstić information content (AvgIpc) is 3.02. The first kappa shape index (κ1) is 17.7. The summed E-state index contributed by atoms with van der Waals surface area (Å²) >= 11 is 0. The van der Waals surface area contributed by atoms with Crippen LogP contribution in [0.4, 0.5) is 5.69 Å². The summed E-state index contributed by atoms with van der Waals surface area (Å²) in [7, 11) is 1.54. The number of carbonyl (C=O) groups is 1. The van der Waals surface area contributed by atoms with Gasteiger partial charge in [-0.2, -0.15) is 0 Å². The molecule has 0 atom stereocenters. The van der Waals surface area contributed by atoms with Crippen LogP contribution in [0, 0.1) is 6.92 Å². The highest BCUT2D eigenvalue weighted by molar-refractivity contribution is 5.92. The number of benzene rings is 1. The molecular formula is C20H21N3O3. The molecule has 134 valence electrons. The van der Waals surface area contributed by atoms with Gasteiger partial charge in [0.15, 0.2) is 0 Å². The zero-order chi connectivity index (χ0) is 18.5. The number of methoxy groups -OCH3 is 1. The summed E-state index contributed by atoms with van der Waals surface area (Å²) in [5, 5.41) is 2.79. The summed E-state index contributed by atoms with van der Waals surface area (Å²) in [4.78, 5) is 20.8. The number of aromatic nitrogens is 2. The Kier molecular flexibility index (Phi) is 5.31. The molecule has 0 bridgehead atoms. The Morgan fingerprint density at radius 1 is 1.19 bits per heavy atom. The number of oxazole rings is 1. The predicted octanol–water partition coefficient (Wildman–Crippen LogP) is 3.80. The van der Waals surface area contributed by atoms with Crippen molar-refractivity contribution in [1.82, 2.24) is 9.97 Å². The van der Waals surface area contributed by atoms with Crippen molar-refractivity contribution in [2.75, 3.05) is 12.4 Å². The molecule has 0 radical (unpaired) electrons. The lowest BCUT2D eigenvalue weighted by Gasteiger charge is -2.04. The van der Waals surface area contributed by atoms with Crippen molar-refractivity contribution in [3.05, 3.63) is 59.6 Å². The van der Waals surface area contributed by atoms with Crippen molar-refractivity contribution >= 4 is 11.6 Å². The normalized spacial score (nSPS) is 10.6. The summed E-state index contributed by atoms with van der Waals surface area (Å²) in [6.45, 7) is 3.92. The van der Waals surface area contributed by atoms with E-state index in [1.807, 2.05) is 19.1 Å². The van der Waals surface area contributed by atoms with E-state index >= 15 is 0 Å². The van der Waals surface area contributed by atoms with E-state index in [0.717, 1.165) is 12.0 Å².